The minimum absolute atomic E-state index is 0.0849. The van der Waals surface area contributed by atoms with Crippen LogP contribution in [0.5, 0.6) is 0 Å². The lowest BCUT2D eigenvalue weighted by molar-refractivity contribution is 0.0526. The average molecular weight is 365 g/mol. The number of sulfonamides is 1. The number of halogens is 1. The first kappa shape index (κ1) is 17.1. The molecule has 0 amide bonds. The van der Waals surface area contributed by atoms with Crippen LogP contribution in [0, 0.1) is 0 Å². The van der Waals surface area contributed by atoms with Gasteiger partial charge in [0.2, 0.25) is 10.0 Å². The fraction of sp³-hybridized carbons (Fsp3) is 0.417. The van der Waals surface area contributed by atoms with Crippen molar-refractivity contribution in [3.63, 3.8) is 0 Å². The molecule has 6 nitrogen and oxygen atoms in total. The van der Waals surface area contributed by atoms with Crippen LogP contribution in [-0.2, 0) is 14.8 Å². The number of hydrogen-bond acceptors (Lipinski definition) is 5. The summed E-state index contributed by atoms with van der Waals surface area (Å²) in [6, 6.07) is 4.23. The molecule has 0 bridgehead atoms. The maximum absolute atomic E-state index is 12.0. The molecular weight excluding hydrogens is 348 g/mol. The standard InChI is InChI=1S/C12H17BrN2O4S/c1-3-19-12(16)9-4-5-11(10(13)8-9)20(17,18)15-7-6-14-2/h4-5,8,14-15H,3,6-7H2,1-2H3. The predicted molar refractivity (Wildman–Crippen MR) is 79.2 cm³/mol. The van der Waals surface area contributed by atoms with Crippen LogP contribution in [0.1, 0.15) is 17.3 Å². The Morgan fingerprint density at radius 2 is 2.05 bits per heavy atom. The van der Waals surface area contributed by atoms with E-state index in [4.69, 9.17) is 4.74 Å². The summed E-state index contributed by atoms with van der Waals surface area (Å²) < 4.78 is 31.7. The van der Waals surface area contributed by atoms with E-state index in [0.717, 1.165) is 0 Å². The lowest BCUT2D eigenvalue weighted by atomic mass is 10.2. The van der Waals surface area contributed by atoms with Gasteiger partial charge >= 0.3 is 5.97 Å². The minimum Gasteiger partial charge on any atom is -0.462 e. The first-order valence-electron chi connectivity index (χ1n) is 6.03. The molecule has 1 aromatic carbocycles. The van der Waals surface area contributed by atoms with Gasteiger partial charge in [-0.05, 0) is 48.1 Å². The molecule has 0 fully saturated rings. The van der Waals surface area contributed by atoms with Crippen LogP contribution in [0.2, 0.25) is 0 Å². The van der Waals surface area contributed by atoms with Gasteiger partial charge in [0.05, 0.1) is 17.1 Å². The van der Waals surface area contributed by atoms with Gasteiger partial charge in [-0.1, -0.05) is 0 Å². The summed E-state index contributed by atoms with van der Waals surface area (Å²) in [6.07, 6.45) is 0. The molecule has 0 saturated carbocycles. The smallest absolute Gasteiger partial charge is 0.338 e. The summed E-state index contributed by atoms with van der Waals surface area (Å²) in [6.45, 7) is 2.78. The molecule has 0 heterocycles. The molecule has 0 aliphatic heterocycles. The fourth-order valence-electron chi connectivity index (χ4n) is 1.45. The van der Waals surface area contributed by atoms with E-state index in [9.17, 15) is 13.2 Å². The normalized spacial score (nSPS) is 11.3. The van der Waals surface area contributed by atoms with Gasteiger partial charge in [-0.15, -0.1) is 0 Å². The third kappa shape index (κ3) is 4.55. The van der Waals surface area contributed by atoms with E-state index in [0.29, 0.717) is 16.6 Å². The SMILES string of the molecule is CCOC(=O)c1ccc(S(=O)(=O)NCCNC)c(Br)c1. The molecule has 1 aromatic rings. The number of nitrogens with one attached hydrogen (secondary N) is 2. The van der Waals surface area contributed by atoms with Crippen molar-refractivity contribution < 1.29 is 17.9 Å². The third-order valence-electron chi connectivity index (χ3n) is 2.40. The number of esters is 1. The summed E-state index contributed by atoms with van der Waals surface area (Å²) >= 11 is 3.17. The molecule has 0 aromatic heterocycles. The first-order chi connectivity index (χ1) is 9.42. The molecule has 2 N–H and O–H groups in total. The summed E-state index contributed by atoms with van der Waals surface area (Å²) in [5.41, 5.74) is 0.299. The Morgan fingerprint density at radius 1 is 1.35 bits per heavy atom. The second-order valence-electron chi connectivity index (χ2n) is 3.87. The van der Waals surface area contributed by atoms with Gasteiger partial charge in [-0.2, -0.15) is 0 Å². The quantitative estimate of drug-likeness (QED) is 0.559. The third-order valence-corrected chi connectivity index (χ3v) is 4.84. The molecule has 0 saturated heterocycles. The minimum atomic E-state index is -3.61. The molecule has 0 aliphatic carbocycles. The van der Waals surface area contributed by atoms with Gasteiger partial charge in [0.1, 0.15) is 0 Å². The van der Waals surface area contributed by atoms with Crippen molar-refractivity contribution in [2.24, 2.45) is 0 Å². The molecule has 0 radical (unpaired) electrons. The van der Waals surface area contributed by atoms with E-state index in [2.05, 4.69) is 26.0 Å². The zero-order chi connectivity index (χ0) is 15.2. The fourth-order valence-corrected chi connectivity index (χ4v) is 3.56. The molecule has 20 heavy (non-hydrogen) atoms. The van der Waals surface area contributed by atoms with Crippen molar-refractivity contribution in [3.05, 3.63) is 28.2 Å². The highest BCUT2D eigenvalue weighted by Crippen LogP contribution is 2.23. The maximum Gasteiger partial charge on any atom is 0.338 e. The second kappa shape index (κ2) is 7.72. The number of likely N-dealkylation sites (N-methyl/N-ethyl adjacent to an activating group) is 1. The van der Waals surface area contributed by atoms with Crippen LogP contribution in [-0.4, -0.2) is 41.1 Å². The van der Waals surface area contributed by atoms with Crippen LogP contribution in [0.25, 0.3) is 0 Å². The lowest BCUT2D eigenvalue weighted by Gasteiger charge is -2.09. The van der Waals surface area contributed by atoms with E-state index < -0.39 is 16.0 Å². The van der Waals surface area contributed by atoms with Crippen molar-refractivity contribution in [3.8, 4) is 0 Å². The average Bonchev–Trinajstić information content (AvgIpc) is 2.38. The number of benzene rings is 1. The summed E-state index contributed by atoms with van der Waals surface area (Å²) in [5, 5.41) is 2.84. The predicted octanol–water partition coefficient (Wildman–Crippen LogP) is 1.12. The van der Waals surface area contributed by atoms with E-state index >= 15 is 0 Å². The Morgan fingerprint density at radius 3 is 2.60 bits per heavy atom. The van der Waals surface area contributed by atoms with E-state index in [1.165, 1.54) is 18.2 Å². The van der Waals surface area contributed by atoms with E-state index in [1.54, 1.807) is 14.0 Å². The van der Waals surface area contributed by atoms with Gasteiger partial charge in [0, 0.05) is 17.6 Å². The van der Waals surface area contributed by atoms with Crippen LogP contribution in [0.15, 0.2) is 27.6 Å². The molecule has 0 atom stereocenters. The topological polar surface area (TPSA) is 84.5 Å². The number of carbonyl (C=O) groups excluding carboxylic acids is 1. The lowest BCUT2D eigenvalue weighted by Crippen LogP contribution is -2.30. The summed E-state index contributed by atoms with van der Waals surface area (Å²) in [4.78, 5) is 11.6. The van der Waals surface area contributed by atoms with Crippen LogP contribution in [0.3, 0.4) is 0 Å². The molecule has 0 unspecified atom stereocenters. The Bertz CT molecular complexity index is 575. The Balaban J connectivity index is 2.95. The maximum atomic E-state index is 12.0. The van der Waals surface area contributed by atoms with Gasteiger partial charge in [-0.25, -0.2) is 17.9 Å². The van der Waals surface area contributed by atoms with Crippen molar-refractivity contribution in [1.29, 1.82) is 0 Å². The largest absolute Gasteiger partial charge is 0.462 e. The molecule has 0 spiro atoms. The molecular formula is C12H17BrN2O4S. The molecule has 8 heteroatoms. The van der Waals surface area contributed by atoms with Crippen molar-refractivity contribution in [2.45, 2.75) is 11.8 Å². The van der Waals surface area contributed by atoms with E-state index in [-0.39, 0.29) is 18.0 Å². The number of hydrogen-bond donors (Lipinski definition) is 2. The van der Waals surface area contributed by atoms with Crippen LogP contribution in [0.4, 0.5) is 0 Å². The monoisotopic (exact) mass is 364 g/mol. The highest BCUT2D eigenvalue weighted by atomic mass is 79.9. The van der Waals surface area contributed by atoms with Gasteiger partial charge in [-0.3, -0.25) is 0 Å². The van der Waals surface area contributed by atoms with Crippen molar-refractivity contribution >= 4 is 31.9 Å². The van der Waals surface area contributed by atoms with Gasteiger partial charge in [0.25, 0.3) is 0 Å². The Hall–Kier alpha value is -0.960. The molecule has 0 aliphatic rings. The first-order valence-corrected chi connectivity index (χ1v) is 8.31. The number of rotatable bonds is 7. The Kier molecular flexibility index (Phi) is 6.60. The highest BCUT2D eigenvalue weighted by Gasteiger charge is 2.18. The number of carbonyl (C=O) groups is 1. The van der Waals surface area contributed by atoms with Crippen molar-refractivity contribution in [2.75, 3.05) is 26.7 Å². The van der Waals surface area contributed by atoms with Crippen LogP contribution >= 0.6 is 15.9 Å². The zero-order valence-corrected chi connectivity index (χ0v) is 13.7. The molecule has 112 valence electrons. The van der Waals surface area contributed by atoms with Gasteiger partial charge in [0.15, 0.2) is 0 Å². The van der Waals surface area contributed by atoms with E-state index in [1.807, 2.05) is 0 Å². The van der Waals surface area contributed by atoms with Crippen molar-refractivity contribution in [1.82, 2.24) is 10.0 Å². The Labute approximate surface area is 127 Å². The second-order valence-corrected chi connectivity index (χ2v) is 6.46. The number of ether oxygens (including phenoxy) is 1. The highest BCUT2D eigenvalue weighted by molar-refractivity contribution is 9.10. The zero-order valence-electron chi connectivity index (χ0n) is 11.3. The van der Waals surface area contributed by atoms with Gasteiger partial charge < -0.3 is 10.1 Å². The summed E-state index contributed by atoms with van der Waals surface area (Å²) in [5.74, 6) is -0.486. The molecule has 1 rings (SSSR count). The van der Waals surface area contributed by atoms with Crippen LogP contribution < -0.4 is 10.0 Å². The summed E-state index contributed by atoms with van der Waals surface area (Å²) in [7, 11) is -1.87.